The number of unbranched alkanes of at least 4 members (excludes halogenated alkanes) is 24. The van der Waals surface area contributed by atoms with E-state index in [0.717, 1.165) is 38.9 Å². The van der Waals surface area contributed by atoms with Crippen LogP contribution in [0.4, 0.5) is 0 Å². The van der Waals surface area contributed by atoms with Crippen molar-refractivity contribution in [3.63, 3.8) is 0 Å². The molecule has 3 nitrogen and oxygen atoms in total. The van der Waals surface area contributed by atoms with Crippen molar-refractivity contribution in [1.29, 1.82) is 0 Å². The van der Waals surface area contributed by atoms with Crippen LogP contribution in [-0.4, -0.2) is 24.8 Å². The zero-order valence-electron chi connectivity index (χ0n) is 26.9. The molecule has 0 aromatic rings. The predicted octanol–water partition coefficient (Wildman–Crippen LogP) is 12.2. The van der Waals surface area contributed by atoms with E-state index in [4.69, 9.17) is 14.2 Å². The van der Waals surface area contributed by atoms with Gasteiger partial charge in [-0.3, -0.25) is 0 Å². The number of rotatable bonds is 30. The van der Waals surface area contributed by atoms with Crippen molar-refractivity contribution in [3.8, 4) is 0 Å². The SMILES string of the molecule is CCCCCCCCCCCCCCCC1(OC2(CCCCCCCCCCCCCCC)CCO2)CCO1. The topological polar surface area (TPSA) is 27.7 Å². The van der Waals surface area contributed by atoms with E-state index in [9.17, 15) is 0 Å². The van der Waals surface area contributed by atoms with Crippen LogP contribution in [0.2, 0.25) is 0 Å². The van der Waals surface area contributed by atoms with E-state index < -0.39 is 0 Å². The highest BCUT2D eigenvalue weighted by Gasteiger charge is 2.50. The van der Waals surface area contributed by atoms with Crippen molar-refractivity contribution in [2.45, 2.75) is 218 Å². The summed E-state index contributed by atoms with van der Waals surface area (Å²) >= 11 is 0. The van der Waals surface area contributed by atoms with Crippen molar-refractivity contribution < 1.29 is 14.2 Å². The molecule has 2 atom stereocenters. The molecule has 0 aromatic carbocycles. The lowest BCUT2D eigenvalue weighted by Crippen LogP contribution is -2.57. The molecule has 2 rings (SSSR count). The van der Waals surface area contributed by atoms with Gasteiger partial charge in [0.05, 0.1) is 13.2 Å². The quantitative estimate of drug-likeness (QED) is 0.0832. The molecular formula is C36H70O3. The Morgan fingerprint density at radius 1 is 0.385 bits per heavy atom. The van der Waals surface area contributed by atoms with Crippen LogP contribution in [0.15, 0.2) is 0 Å². The lowest BCUT2D eigenvalue weighted by atomic mass is 9.95. The molecule has 2 saturated heterocycles. The molecule has 0 spiro atoms. The molecule has 2 aliphatic heterocycles. The average Bonchev–Trinajstić information content (AvgIpc) is 2.90. The van der Waals surface area contributed by atoms with Gasteiger partial charge in [-0.2, -0.15) is 0 Å². The van der Waals surface area contributed by atoms with E-state index in [1.165, 1.54) is 167 Å². The second kappa shape index (κ2) is 23.4. The molecule has 0 N–H and O–H groups in total. The van der Waals surface area contributed by atoms with E-state index in [2.05, 4.69) is 13.8 Å². The Morgan fingerprint density at radius 2 is 0.615 bits per heavy atom. The van der Waals surface area contributed by atoms with E-state index >= 15 is 0 Å². The Balaban J connectivity index is 1.43. The molecule has 3 heteroatoms. The average molecular weight is 551 g/mol. The van der Waals surface area contributed by atoms with Crippen LogP contribution >= 0.6 is 0 Å². The van der Waals surface area contributed by atoms with Gasteiger partial charge in [0.1, 0.15) is 0 Å². The molecule has 2 heterocycles. The van der Waals surface area contributed by atoms with E-state index in [1.807, 2.05) is 0 Å². The van der Waals surface area contributed by atoms with Crippen LogP contribution in [0.3, 0.4) is 0 Å². The monoisotopic (exact) mass is 551 g/mol. The molecule has 232 valence electrons. The number of ether oxygens (including phenoxy) is 3. The van der Waals surface area contributed by atoms with Crippen molar-refractivity contribution in [2.24, 2.45) is 0 Å². The van der Waals surface area contributed by atoms with Crippen LogP contribution in [0, 0.1) is 0 Å². The molecule has 39 heavy (non-hydrogen) atoms. The molecule has 0 bridgehead atoms. The smallest absolute Gasteiger partial charge is 0.173 e. The Hall–Kier alpha value is -0.120. The van der Waals surface area contributed by atoms with Gasteiger partial charge in [-0.05, 0) is 12.8 Å². The molecule has 0 aromatic heterocycles. The van der Waals surface area contributed by atoms with E-state index in [-0.39, 0.29) is 11.6 Å². The minimum absolute atomic E-state index is 0.339. The second-order valence-corrected chi connectivity index (χ2v) is 13.1. The van der Waals surface area contributed by atoms with Gasteiger partial charge in [-0.15, -0.1) is 0 Å². The first-order valence-corrected chi connectivity index (χ1v) is 18.2. The number of hydrogen-bond acceptors (Lipinski definition) is 3. The predicted molar refractivity (Wildman–Crippen MR) is 168 cm³/mol. The highest BCUT2D eigenvalue weighted by Crippen LogP contribution is 2.44. The summed E-state index contributed by atoms with van der Waals surface area (Å²) in [7, 11) is 0. The highest BCUT2D eigenvalue weighted by atomic mass is 16.8. The van der Waals surface area contributed by atoms with Crippen LogP contribution in [0.1, 0.15) is 206 Å². The van der Waals surface area contributed by atoms with E-state index in [0.29, 0.717) is 0 Å². The lowest BCUT2D eigenvalue weighted by molar-refractivity contribution is -0.432. The largest absolute Gasteiger partial charge is 0.349 e. The van der Waals surface area contributed by atoms with Gasteiger partial charge in [0.2, 0.25) is 0 Å². The van der Waals surface area contributed by atoms with Gasteiger partial charge in [-0.1, -0.05) is 168 Å². The summed E-state index contributed by atoms with van der Waals surface area (Å²) in [5.41, 5.74) is 0. The standard InChI is InChI=1S/C36H70O3/c1-3-5-7-9-11-13-15-17-19-21-23-25-27-29-35(31-33-37-35)39-36(32-34-38-36)30-28-26-24-22-20-18-16-14-12-10-8-6-4-2/h3-34H2,1-2H3. The second-order valence-electron chi connectivity index (χ2n) is 13.1. The fourth-order valence-electron chi connectivity index (χ4n) is 6.48. The Kier molecular flexibility index (Phi) is 21.1. The van der Waals surface area contributed by atoms with E-state index in [1.54, 1.807) is 0 Å². The van der Waals surface area contributed by atoms with Crippen molar-refractivity contribution in [2.75, 3.05) is 13.2 Å². The first kappa shape index (κ1) is 35.1. The third-order valence-electron chi connectivity index (χ3n) is 9.39. The highest BCUT2D eigenvalue weighted by molar-refractivity contribution is 4.86. The summed E-state index contributed by atoms with van der Waals surface area (Å²) in [4.78, 5) is 0. The summed E-state index contributed by atoms with van der Waals surface area (Å²) < 4.78 is 18.8. The van der Waals surface area contributed by atoms with Crippen molar-refractivity contribution in [1.82, 2.24) is 0 Å². The fraction of sp³-hybridized carbons (Fsp3) is 1.00. The lowest BCUT2D eigenvalue weighted by Gasteiger charge is -2.51. The molecule has 2 unspecified atom stereocenters. The maximum absolute atomic E-state index is 6.67. The zero-order valence-corrected chi connectivity index (χ0v) is 26.9. The Bertz CT molecular complexity index is 479. The molecule has 0 amide bonds. The molecule has 2 aliphatic rings. The van der Waals surface area contributed by atoms with Crippen LogP contribution in [0.5, 0.6) is 0 Å². The van der Waals surface area contributed by atoms with Gasteiger partial charge in [0.15, 0.2) is 11.6 Å². The minimum Gasteiger partial charge on any atom is -0.349 e. The zero-order chi connectivity index (χ0) is 27.7. The minimum atomic E-state index is -0.339. The Morgan fingerprint density at radius 3 is 0.821 bits per heavy atom. The van der Waals surface area contributed by atoms with Crippen LogP contribution in [-0.2, 0) is 14.2 Å². The molecule has 0 radical (unpaired) electrons. The van der Waals surface area contributed by atoms with Crippen LogP contribution in [0.25, 0.3) is 0 Å². The molecule has 0 saturated carbocycles. The fourth-order valence-corrected chi connectivity index (χ4v) is 6.48. The third kappa shape index (κ3) is 16.8. The summed E-state index contributed by atoms with van der Waals surface area (Å²) in [5, 5.41) is 0. The maximum Gasteiger partial charge on any atom is 0.173 e. The summed E-state index contributed by atoms with van der Waals surface area (Å²) in [6.45, 7) is 6.31. The summed E-state index contributed by atoms with van der Waals surface area (Å²) in [5.74, 6) is -0.677. The van der Waals surface area contributed by atoms with Gasteiger partial charge in [-0.25, -0.2) is 0 Å². The summed E-state index contributed by atoms with van der Waals surface area (Å²) in [6, 6.07) is 0. The van der Waals surface area contributed by atoms with Gasteiger partial charge >= 0.3 is 0 Å². The first-order chi connectivity index (χ1) is 19.2. The van der Waals surface area contributed by atoms with Gasteiger partial charge in [0, 0.05) is 25.7 Å². The summed E-state index contributed by atoms with van der Waals surface area (Å²) in [6.07, 6.45) is 40.6. The molecular weight excluding hydrogens is 480 g/mol. The van der Waals surface area contributed by atoms with Crippen molar-refractivity contribution in [3.05, 3.63) is 0 Å². The molecule has 2 fully saturated rings. The normalized spacial score (nSPS) is 22.6. The van der Waals surface area contributed by atoms with Crippen molar-refractivity contribution >= 4 is 0 Å². The maximum atomic E-state index is 6.67. The number of hydrogen-bond donors (Lipinski definition) is 0. The first-order valence-electron chi connectivity index (χ1n) is 18.2. The van der Waals surface area contributed by atoms with Crippen LogP contribution < -0.4 is 0 Å². The third-order valence-corrected chi connectivity index (χ3v) is 9.39. The van der Waals surface area contributed by atoms with Gasteiger partial charge < -0.3 is 14.2 Å². The van der Waals surface area contributed by atoms with Gasteiger partial charge in [0.25, 0.3) is 0 Å². The Labute approximate surface area is 245 Å². The molecule has 0 aliphatic carbocycles.